The molecule has 0 aliphatic rings. The number of carbonyl (C=O) groups is 1. The molecule has 3 rings (SSSR count). The summed E-state index contributed by atoms with van der Waals surface area (Å²) in [6.45, 7) is 0. The minimum absolute atomic E-state index is 0.123. The van der Waals surface area contributed by atoms with Crippen molar-refractivity contribution in [3.8, 4) is 22.9 Å². The van der Waals surface area contributed by atoms with Crippen molar-refractivity contribution in [2.45, 2.75) is 5.16 Å². The summed E-state index contributed by atoms with van der Waals surface area (Å²) in [7, 11) is 3.15. The predicted octanol–water partition coefficient (Wildman–Crippen LogP) is 4.53. The molecule has 1 heterocycles. The topological polar surface area (TPSA) is 89.1 Å². The van der Waals surface area contributed by atoms with E-state index in [0.717, 1.165) is 5.56 Å². The van der Waals surface area contributed by atoms with Gasteiger partial charge in [-0.05, 0) is 30.3 Å². The lowest BCUT2D eigenvalue weighted by atomic mass is 10.2. The molecule has 146 valence electrons. The Balaban J connectivity index is 1.64. The van der Waals surface area contributed by atoms with Crippen LogP contribution in [0.15, 0.2) is 41.6 Å². The number of hydrogen-bond acceptors (Lipinski definition) is 6. The summed E-state index contributed by atoms with van der Waals surface area (Å²) in [6, 6.07) is 10.3. The monoisotopic (exact) mass is 438 g/mol. The van der Waals surface area contributed by atoms with Crippen LogP contribution >= 0.6 is 35.0 Å². The van der Waals surface area contributed by atoms with Gasteiger partial charge in [-0.1, -0.05) is 35.0 Å². The highest BCUT2D eigenvalue weighted by atomic mass is 35.5. The average molecular weight is 439 g/mol. The number of amides is 1. The van der Waals surface area contributed by atoms with Gasteiger partial charge in [0.15, 0.2) is 5.82 Å². The summed E-state index contributed by atoms with van der Waals surface area (Å²) >= 11 is 13.1. The normalized spacial score (nSPS) is 10.6. The lowest BCUT2D eigenvalue weighted by Gasteiger charge is -2.06. The maximum absolute atomic E-state index is 12.1. The van der Waals surface area contributed by atoms with E-state index in [0.29, 0.717) is 38.2 Å². The van der Waals surface area contributed by atoms with Crippen molar-refractivity contribution < 1.29 is 14.3 Å². The molecule has 0 radical (unpaired) electrons. The highest BCUT2D eigenvalue weighted by Gasteiger charge is 2.12. The van der Waals surface area contributed by atoms with Gasteiger partial charge in [0, 0.05) is 16.7 Å². The molecule has 0 saturated heterocycles. The molecule has 0 fully saturated rings. The highest BCUT2D eigenvalue weighted by molar-refractivity contribution is 7.99. The van der Waals surface area contributed by atoms with E-state index in [9.17, 15) is 4.79 Å². The SMILES string of the molecule is COc1cc(OC)cc(-c2nc(SCC(=O)Nc3ccc(Cl)cc3Cl)n[nH]2)c1. The van der Waals surface area contributed by atoms with E-state index in [2.05, 4.69) is 20.5 Å². The number of H-pyrrole nitrogens is 1. The molecule has 28 heavy (non-hydrogen) atoms. The van der Waals surface area contributed by atoms with Crippen LogP contribution in [0.1, 0.15) is 0 Å². The molecule has 0 bridgehead atoms. The van der Waals surface area contributed by atoms with Crippen LogP contribution < -0.4 is 14.8 Å². The largest absolute Gasteiger partial charge is 0.497 e. The first-order valence-electron chi connectivity index (χ1n) is 8.02. The van der Waals surface area contributed by atoms with Crippen molar-refractivity contribution >= 4 is 46.6 Å². The van der Waals surface area contributed by atoms with Crippen LogP contribution in [0.5, 0.6) is 11.5 Å². The first-order chi connectivity index (χ1) is 13.5. The van der Waals surface area contributed by atoms with E-state index in [-0.39, 0.29) is 11.7 Å². The summed E-state index contributed by atoms with van der Waals surface area (Å²) in [6.07, 6.45) is 0. The molecule has 1 amide bonds. The van der Waals surface area contributed by atoms with E-state index in [1.165, 1.54) is 11.8 Å². The zero-order valence-corrected chi connectivity index (χ0v) is 17.3. The second-order valence-corrected chi connectivity index (χ2v) is 7.32. The second-order valence-electron chi connectivity index (χ2n) is 5.53. The Kier molecular flexibility index (Phi) is 6.66. The van der Waals surface area contributed by atoms with E-state index >= 15 is 0 Å². The third kappa shape index (κ3) is 5.09. The first-order valence-corrected chi connectivity index (χ1v) is 9.76. The van der Waals surface area contributed by atoms with Crippen molar-refractivity contribution in [3.63, 3.8) is 0 Å². The number of rotatable bonds is 7. The number of nitrogens with zero attached hydrogens (tertiary/aromatic N) is 2. The van der Waals surface area contributed by atoms with E-state index in [1.54, 1.807) is 38.5 Å². The van der Waals surface area contributed by atoms with Crippen LogP contribution in [0.4, 0.5) is 5.69 Å². The number of aromatic amines is 1. The van der Waals surface area contributed by atoms with Crippen molar-refractivity contribution in [1.29, 1.82) is 0 Å². The molecule has 0 unspecified atom stereocenters. The molecule has 2 N–H and O–H groups in total. The fourth-order valence-corrected chi connectivity index (χ4v) is 3.35. The molecule has 2 aromatic carbocycles. The van der Waals surface area contributed by atoms with Gasteiger partial charge in [-0.25, -0.2) is 4.98 Å². The predicted molar refractivity (Wildman–Crippen MR) is 111 cm³/mol. The van der Waals surface area contributed by atoms with Crippen molar-refractivity contribution in [2.75, 3.05) is 25.3 Å². The van der Waals surface area contributed by atoms with Gasteiger partial charge >= 0.3 is 0 Å². The van der Waals surface area contributed by atoms with E-state index in [1.807, 2.05) is 12.1 Å². The maximum Gasteiger partial charge on any atom is 0.234 e. The summed E-state index contributed by atoms with van der Waals surface area (Å²) in [5, 5.41) is 11.0. The van der Waals surface area contributed by atoms with E-state index in [4.69, 9.17) is 32.7 Å². The Morgan fingerprint density at radius 3 is 2.50 bits per heavy atom. The Morgan fingerprint density at radius 2 is 1.86 bits per heavy atom. The summed E-state index contributed by atoms with van der Waals surface area (Å²) in [4.78, 5) is 16.5. The number of thioether (sulfide) groups is 1. The van der Waals surface area contributed by atoms with Gasteiger partial charge in [-0.3, -0.25) is 9.89 Å². The van der Waals surface area contributed by atoms with Crippen LogP contribution in [-0.4, -0.2) is 41.1 Å². The Hall–Kier alpha value is -2.42. The fraction of sp³-hybridized carbons (Fsp3) is 0.167. The molecule has 7 nitrogen and oxygen atoms in total. The summed E-state index contributed by atoms with van der Waals surface area (Å²) in [5.41, 5.74) is 1.25. The molecule has 0 saturated carbocycles. The highest BCUT2D eigenvalue weighted by Crippen LogP contribution is 2.29. The quantitative estimate of drug-likeness (QED) is 0.526. The minimum Gasteiger partial charge on any atom is -0.497 e. The Labute approximate surface area is 175 Å². The van der Waals surface area contributed by atoms with Crippen LogP contribution in [0.3, 0.4) is 0 Å². The lowest BCUT2D eigenvalue weighted by Crippen LogP contribution is -2.14. The number of ether oxygens (including phenoxy) is 2. The van der Waals surface area contributed by atoms with Gasteiger partial charge in [-0.2, -0.15) is 0 Å². The number of carbonyl (C=O) groups excluding carboxylic acids is 1. The smallest absolute Gasteiger partial charge is 0.234 e. The molecule has 3 aromatic rings. The number of aromatic nitrogens is 3. The van der Waals surface area contributed by atoms with E-state index < -0.39 is 0 Å². The third-order valence-electron chi connectivity index (χ3n) is 3.63. The Morgan fingerprint density at radius 1 is 1.14 bits per heavy atom. The standard InChI is InChI=1S/C18H16Cl2N4O3S/c1-26-12-5-10(6-13(8-12)27-2)17-22-18(24-23-17)28-9-16(25)21-15-4-3-11(19)7-14(15)20/h3-8H,9H2,1-2H3,(H,21,25)(H,22,23,24). The van der Waals surface area contributed by atoms with Gasteiger partial charge in [-0.15, -0.1) is 5.10 Å². The van der Waals surface area contributed by atoms with Gasteiger partial charge in [0.05, 0.1) is 30.7 Å². The summed E-state index contributed by atoms with van der Waals surface area (Å²) < 4.78 is 10.5. The van der Waals surface area contributed by atoms with Crippen molar-refractivity contribution in [1.82, 2.24) is 15.2 Å². The molecule has 1 aromatic heterocycles. The third-order valence-corrected chi connectivity index (χ3v) is 5.02. The molecular formula is C18H16Cl2N4O3S. The fourth-order valence-electron chi connectivity index (χ4n) is 2.29. The molecular weight excluding hydrogens is 423 g/mol. The minimum atomic E-state index is -0.233. The van der Waals surface area contributed by atoms with Crippen LogP contribution in [-0.2, 0) is 4.79 Å². The van der Waals surface area contributed by atoms with Crippen LogP contribution in [0, 0.1) is 0 Å². The average Bonchev–Trinajstić information content (AvgIpc) is 3.17. The number of hydrogen-bond donors (Lipinski definition) is 2. The molecule has 10 heteroatoms. The number of methoxy groups -OCH3 is 2. The van der Waals surface area contributed by atoms with Crippen molar-refractivity contribution in [2.24, 2.45) is 0 Å². The van der Waals surface area contributed by atoms with Crippen molar-refractivity contribution in [3.05, 3.63) is 46.4 Å². The van der Waals surface area contributed by atoms with Gasteiger partial charge in [0.25, 0.3) is 0 Å². The van der Waals surface area contributed by atoms with Gasteiger partial charge in [0.2, 0.25) is 11.1 Å². The first kappa shape index (κ1) is 20.3. The van der Waals surface area contributed by atoms with Crippen LogP contribution in [0.25, 0.3) is 11.4 Å². The molecule has 0 spiro atoms. The number of anilines is 1. The molecule has 0 aliphatic heterocycles. The lowest BCUT2D eigenvalue weighted by molar-refractivity contribution is -0.113. The van der Waals surface area contributed by atoms with Gasteiger partial charge in [0.1, 0.15) is 11.5 Å². The second kappa shape index (κ2) is 9.18. The van der Waals surface area contributed by atoms with Gasteiger partial charge < -0.3 is 14.8 Å². The zero-order chi connectivity index (χ0) is 20.1. The number of nitrogens with one attached hydrogen (secondary N) is 2. The summed E-state index contributed by atoms with van der Waals surface area (Å²) in [5.74, 6) is 1.71. The zero-order valence-electron chi connectivity index (χ0n) is 15.0. The maximum atomic E-state index is 12.1. The number of halogens is 2. The van der Waals surface area contributed by atoms with Crippen LogP contribution in [0.2, 0.25) is 10.0 Å². The molecule has 0 aliphatic carbocycles. The Bertz CT molecular complexity index is 974. The number of benzene rings is 2. The molecule has 0 atom stereocenters.